The van der Waals surface area contributed by atoms with Crippen molar-refractivity contribution in [2.75, 3.05) is 37.6 Å². The molecule has 0 spiro atoms. The zero-order valence-corrected chi connectivity index (χ0v) is 17.3. The number of halogens is 1. The SMILES string of the molecule is CCNCC1CCN(C(=O)C2CC(=O)N(c3ccccc3CC)C2)CC1.Cl. The first kappa shape index (κ1) is 21.7. The van der Waals surface area contributed by atoms with Gasteiger partial charge in [-0.25, -0.2) is 0 Å². The maximum atomic E-state index is 12.9. The number of para-hydroxylation sites is 1. The molecule has 1 aromatic rings. The van der Waals surface area contributed by atoms with Gasteiger partial charge in [-0.15, -0.1) is 12.4 Å². The second-order valence-corrected chi connectivity index (χ2v) is 7.46. The Hall–Kier alpha value is -1.59. The molecule has 1 atom stereocenters. The largest absolute Gasteiger partial charge is 0.342 e. The minimum atomic E-state index is -0.197. The average Bonchev–Trinajstić information content (AvgIpc) is 3.07. The number of anilines is 1. The highest BCUT2D eigenvalue weighted by molar-refractivity contribution is 6.00. The molecule has 5 nitrogen and oxygen atoms in total. The summed E-state index contributed by atoms with van der Waals surface area (Å²) in [5.74, 6) is 0.706. The van der Waals surface area contributed by atoms with E-state index in [0.29, 0.717) is 18.9 Å². The maximum Gasteiger partial charge on any atom is 0.228 e. The molecule has 0 aromatic heterocycles. The smallest absolute Gasteiger partial charge is 0.228 e. The lowest BCUT2D eigenvalue weighted by Gasteiger charge is -2.33. The van der Waals surface area contributed by atoms with Gasteiger partial charge < -0.3 is 15.1 Å². The molecule has 0 radical (unpaired) electrons. The number of carbonyl (C=O) groups excluding carboxylic acids is 2. The molecule has 1 aromatic carbocycles. The number of rotatable bonds is 6. The molecule has 0 aliphatic carbocycles. The Bertz CT molecular complexity index is 644. The van der Waals surface area contributed by atoms with E-state index < -0.39 is 0 Å². The highest BCUT2D eigenvalue weighted by Gasteiger charge is 2.38. The number of benzene rings is 1. The number of carbonyl (C=O) groups is 2. The maximum absolute atomic E-state index is 12.9. The molecule has 2 amide bonds. The molecule has 0 bridgehead atoms. The second kappa shape index (κ2) is 10.1. The van der Waals surface area contributed by atoms with E-state index in [2.05, 4.69) is 25.2 Å². The average molecular weight is 394 g/mol. The van der Waals surface area contributed by atoms with E-state index in [1.165, 1.54) is 0 Å². The molecule has 2 fully saturated rings. The van der Waals surface area contributed by atoms with Crippen molar-refractivity contribution in [2.24, 2.45) is 11.8 Å². The summed E-state index contributed by atoms with van der Waals surface area (Å²) in [7, 11) is 0. The van der Waals surface area contributed by atoms with Crippen molar-refractivity contribution in [3.63, 3.8) is 0 Å². The quantitative estimate of drug-likeness (QED) is 0.808. The van der Waals surface area contributed by atoms with Crippen molar-refractivity contribution < 1.29 is 9.59 Å². The van der Waals surface area contributed by atoms with Crippen molar-refractivity contribution in [3.05, 3.63) is 29.8 Å². The van der Waals surface area contributed by atoms with Crippen LogP contribution in [-0.4, -0.2) is 49.4 Å². The van der Waals surface area contributed by atoms with Gasteiger partial charge in [-0.3, -0.25) is 9.59 Å². The molecular formula is C21H32ClN3O2. The van der Waals surface area contributed by atoms with Gasteiger partial charge in [0.2, 0.25) is 11.8 Å². The Morgan fingerprint density at radius 2 is 1.89 bits per heavy atom. The number of likely N-dealkylation sites (tertiary alicyclic amines) is 1. The number of amides is 2. The zero-order chi connectivity index (χ0) is 18.5. The van der Waals surface area contributed by atoms with E-state index in [1.807, 2.05) is 28.0 Å². The van der Waals surface area contributed by atoms with Crippen LogP contribution < -0.4 is 10.2 Å². The first-order chi connectivity index (χ1) is 12.6. The number of hydrogen-bond donors (Lipinski definition) is 1. The third kappa shape index (κ3) is 5.02. The van der Waals surface area contributed by atoms with Crippen LogP contribution in [0.25, 0.3) is 0 Å². The van der Waals surface area contributed by atoms with Crippen LogP contribution in [0.15, 0.2) is 24.3 Å². The normalized spacial score (nSPS) is 20.7. The molecule has 150 valence electrons. The fourth-order valence-corrected chi connectivity index (χ4v) is 4.14. The van der Waals surface area contributed by atoms with Crippen molar-refractivity contribution in [2.45, 2.75) is 39.5 Å². The molecule has 2 aliphatic heterocycles. The summed E-state index contributed by atoms with van der Waals surface area (Å²) in [6, 6.07) is 8.03. The molecular weight excluding hydrogens is 362 g/mol. The highest BCUT2D eigenvalue weighted by Crippen LogP contribution is 2.30. The Balaban J connectivity index is 0.00000261. The van der Waals surface area contributed by atoms with E-state index in [1.54, 1.807) is 0 Å². The first-order valence-corrected chi connectivity index (χ1v) is 10.0. The summed E-state index contributed by atoms with van der Waals surface area (Å²) < 4.78 is 0. The van der Waals surface area contributed by atoms with Gasteiger partial charge in [-0.1, -0.05) is 32.0 Å². The molecule has 3 rings (SSSR count). The van der Waals surface area contributed by atoms with Gasteiger partial charge >= 0.3 is 0 Å². The van der Waals surface area contributed by atoms with Gasteiger partial charge in [-0.05, 0) is 49.9 Å². The highest BCUT2D eigenvalue weighted by atomic mass is 35.5. The van der Waals surface area contributed by atoms with E-state index in [4.69, 9.17) is 0 Å². The van der Waals surface area contributed by atoms with Crippen LogP contribution in [0.2, 0.25) is 0 Å². The number of hydrogen-bond acceptors (Lipinski definition) is 3. The fraction of sp³-hybridized carbons (Fsp3) is 0.619. The van der Waals surface area contributed by atoms with Gasteiger partial charge in [0.15, 0.2) is 0 Å². The molecule has 1 unspecified atom stereocenters. The summed E-state index contributed by atoms with van der Waals surface area (Å²) in [5, 5.41) is 3.40. The van der Waals surface area contributed by atoms with Crippen LogP contribution >= 0.6 is 12.4 Å². The van der Waals surface area contributed by atoms with Crippen LogP contribution in [0.5, 0.6) is 0 Å². The topological polar surface area (TPSA) is 52.7 Å². The lowest BCUT2D eigenvalue weighted by atomic mass is 9.95. The van der Waals surface area contributed by atoms with E-state index in [0.717, 1.165) is 56.7 Å². The molecule has 6 heteroatoms. The number of piperidine rings is 1. The van der Waals surface area contributed by atoms with Gasteiger partial charge in [0, 0.05) is 31.7 Å². The number of nitrogens with one attached hydrogen (secondary N) is 1. The van der Waals surface area contributed by atoms with E-state index in [9.17, 15) is 9.59 Å². The molecule has 2 aliphatic rings. The van der Waals surface area contributed by atoms with Crippen molar-refractivity contribution >= 4 is 29.9 Å². The van der Waals surface area contributed by atoms with Gasteiger partial charge in [0.1, 0.15) is 0 Å². The number of nitrogens with zero attached hydrogens (tertiary/aromatic N) is 2. The molecule has 1 N–H and O–H groups in total. The Morgan fingerprint density at radius 3 is 2.56 bits per heavy atom. The van der Waals surface area contributed by atoms with Crippen LogP contribution in [-0.2, 0) is 16.0 Å². The van der Waals surface area contributed by atoms with Crippen LogP contribution in [0.3, 0.4) is 0 Å². The van der Waals surface area contributed by atoms with E-state index in [-0.39, 0.29) is 30.1 Å². The summed E-state index contributed by atoms with van der Waals surface area (Å²) in [6.07, 6.45) is 3.34. The minimum Gasteiger partial charge on any atom is -0.342 e. The Kier molecular flexibility index (Phi) is 8.11. The van der Waals surface area contributed by atoms with Gasteiger partial charge in [0.05, 0.1) is 5.92 Å². The lowest BCUT2D eigenvalue weighted by Crippen LogP contribution is -2.44. The Labute approximate surface area is 168 Å². The summed E-state index contributed by atoms with van der Waals surface area (Å²) in [4.78, 5) is 29.3. The standard InChI is InChI=1S/C21H31N3O2.ClH/c1-3-17-7-5-6-8-19(17)24-15-18(13-20(24)25)21(26)23-11-9-16(10-12-23)14-22-4-2;/h5-8,16,18,22H,3-4,9-15H2,1-2H3;1H. The van der Waals surface area contributed by atoms with Gasteiger partial charge in [0.25, 0.3) is 0 Å². The van der Waals surface area contributed by atoms with Crippen LogP contribution in [0.1, 0.15) is 38.7 Å². The lowest BCUT2D eigenvalue weighted by molar-refractivity contribution is -0.137. The molecule has 2 heterocycles. The first-order valence-electron chi connectivity index (χ1n) is 10.0. The minimum absolute atomic E-state index is 0. The number of aryl methyl sites for hydroxylation is 1. The van der Waals surface area contributed by atoms with Crippen molar-refractivity contribution in [3.8, 4) is 0 Å². The van der Waals surface area contributed by atoms with Crippen molar-refractivity contribution in [1.29, 1.82) is 0 Å². The van der Waals surface area contributed by atoms with Crippen molar-refractivity contribution in [1.82, 2.24) is 10.2 Å². The van der Waals surface area contributed by atoms with Gasteiger partial charge in [-0.2, -0.15) is 0 Å². The summed E-state index contributed by atoms with van der Waals surface area (Å²) in [5.41, 5.74) is 2.14. The molecule has 2 saturated heterocycles. The monoisotopic (exact) mass is 393 g/mol. The molecule has 0 saturated carbocycles. The fourth-order valence-electron chi connectivity index (χ4n) is 4.14. The second-order valence-electron chi connectivity index (χ2n) is 7.46. The third-order valence-corrected chi connectivity index (χ3v) is 5.75. The summed E-state index contributed by atoms with van der Waals surface area (Å²) >= 11 is 0. The Morgan fingerprint density at radius 1 is 1.19 bits per heavy atom. The molecule has 27 heavy (non-hydrogen) atoms. The van der Waals surface area contributed by atoms with Crippen LogP contribution in [0.4, 0.5) is 5.69 Å². The third-order valence-electron chi connectivity index (χ3n) is 5.75. The summed E-state index contributed by atoms with van der Waals surface area (Å²) in [6.45, 7) is 8.43. The van der Waals surface area contributed by atoms with E-state index >= 15 is 0 Å². The van der Waals surface area contributed by atoms with Crippen LogP contribution in [0, 0.1) is 11.8 Å². The zero-order valence-electron chi connectivity index (χ0n) is 16.4. The predicted octanol–water partition coefficient (Wildman–Crippen LogP) is 2.87. The predicted molar refractivity (Wildman–Crippen MR) is 111 cm³/mol.